The van der Waals surface area contributed by atoms with Gasteiger partial charge in [-0.05, 0) is 61.0 Å². The Bertz CT molecular complexity index is 1080. The zero-order valence-corrected chi connectivity index (χ0v) is 18.5. The maximum Gasteiger partial charge on any atom is 0.331 e. The van der Waals surface area contributed by atoms with Crippen LogP contribution in [0.5, 0.6) is 0 Å². The van der Waals surface area contributed by atoms with Gasteiger partial charge in [0.2, 0.25) is 5.78 Å². The normalized spacial score (nSPS) is 11.5. The number of carbonyl (C=O) groups is 2. The van der Waals surface area contributed by atoms with Gasteiger partial charge in [0, 0.05) is 23.3 Å². The number of nitrogens with zero attached hydrogens (tertiary/aromatic N) is 1. The molecular weight excluding hydrogens is 483 g/mol. The molecule has 2 rings (SSSR count). The Morgan fingerprint density at radius 2 is 1.93 bits per heavy atom. The molecule has 0 heterocycles. The van der Waals surface area contributed by atoms with Crippen LogP contribution in [0.15, 0.2) is 34.8 Å². The minimum Gasteiger partial charge on any atom is -0.457 e. The van der Waals surface area contributed by atoms with Gasteiger partial charge in [-0.3, -0.25) is 14.9 Å². The van der Waals surface area contributed by atoms with Crippen LogP contribution in [-0.4, -0.2) is 22.3 Å². The van der Waals surface area contributed by atoms with Crippen molar-refractivity contribution in [3.8, 4) is 0 Å². The quantitative estimate of drug-likeness (QED) is 0.149. The van der Waals surface area contributed by atoms with Crippen molar-refractivity contribution in [2.75, 3.05) is 5.73 Å². The Morgan fingerprint density at radius 1 is 1.30 bits per heavy atom. The molecule has 2 N–H and O–H groups in total. The second kappa shape index (κ2) is 8.93. The molecule has 0 aliphatic heterocycles. The van der Waals surface area contributed by atoms with E-state index in [9.17, 15) is 24.1 Å². The zero-order valence-electron chi connectivity index (χ0n) is 16.2. The standard InChI is InChI=1S/C20H17BrClFN2O5/c1-20(2,3)30-15(26)7-4-10-8-14(25(28)29)16(17(21)18(10)24)19(27)12-9-11(23)5-6-13(12)22/h4-9H,24H2,1-3H3/b7-4+. The highest BCUT2D eigenvalue weighted by Gasteiger charge is 2.29. The Balaban J connectivity index is 2.58. The molecule has 7 nitrogen and oxygen atoms in total. The first-order valence-electron chi connectivity index (χ1n) is 8.49. The molecule has 2 aromatic carbocycles. The van der Waals surface area contributed by atoms with Gasteiger partial charge < -0.3 is 10.5 Å². The van der Waals surface area contributed by atoms with Crippen molar-refractivity contribution in [2.45, 2.75) is 26.4 Å². The maximum absolute atomic E-state index is 13.6. The van der Waals surface area contributed by atoms with Crippen LogP contribution < -0.4 is 5.73 Å². The fourth-order valence-electron chi connectivity index (χ4n) is 2.47. The summed E-state index contributed by atoms with van der Waals surface area (Å²) in [4.78, 5) is 35.6. The van der Waals surface area contributed by atoms with E-state index in [1.807, 2.05) is 0 Å². The SMILES string of the molecule is CC(C)(C)OC(=O)/C=C/c1cc([N+](=O)[O-])c(C(=O)c2cc(F)ccc2Cl)c(Br)c1N. The Labute approximate surface area is 184 Å². The van der Waals surface area contributed by atoms with Crippen molar-refractivity contribution in [1.29, 1.82) is 0 Å². The summed E-state index contributed by atoms with van der Waals surface area (Å²) in [6.45, 7) is 5.06. The van der Waals surface area contributed by atoms with Crippen molar-refractivity contribution >= 4 is 56.7 Å². The first-order chi connectivity index (χ1) is 13.8. The summed E-state index contributed by atoms with van der Waals surface area (Å²) in [6.07, 6.45) is 2.31. The predicted octanol–water partition coefficient (Wildman–Crippen LogP) is 5.32. The van der Waals surface area contributed by atoms with E-state index in [0.29, 0.717) is 0 Å². The van der Waals surface area contributed by atoms with Crippen molar-refractivity contribution in [1.82, 2.24) is 0 Å². The van der Waals surface area contributed by atoms with Gasteiger partial charge >= 0.3 is 5.97 Å². The predicted molar refractivity (Wildman–Crippen MR) is 115 cm³/mol. The Kier molecular flexibility index (Phi) is 6.99. The van der Waals surface area contributed by atoms with Gasteiger partial charge in [0.1, 0.15) is 17.0 Å². The lowest BCUT2D eigenvalue weighted by atomic mass is 9.98. The number of halogens is 3. The van der Waals surface area contributed by atoms with Crippen LogP contribution in [0.1, 0.15) is 42.3 Å². The van der Waals surface area contributed by atoms with Crippen LogP contribution >= 0.6 is 27.5 Å². The van der Waals surface area contributed by atoms with E-state index in [2.05, 4.69) is 15.9 Å². The topological polar surface area (TPSA) is 113 Å². The van der Waals surface area contributed by atoms with E-state index in [0.717, 1.165) is 24.3 Å². The number of nitro benzene ring substituents is 1. The van der Waals surface area contributed by atoms with Gasteiger partial charge in [0.15, 0.2) is 0 Å². The van der Waals surface area contributed by atoms with Crippen LogP contribution in [0.25, 0.3) is 6.08 Å². The number of esters is 1. The minimum atomic E-state index is -0.882. The van der Waals surface area contributed by atoms with Crippen LogP contribution in [0.2, 0.25) is 5.02 Å². The summed E-state index contributed by atoms with van der Waals surface area (Å²) in [5.74, 6) is -2.29. The molecule has 0 aromatic heterocycles. The molecule has 0 aliphatic rings. The fraction of sp³-hybridized carbons (Fsp3) is 0.200. The van der Waals surface area contributed by atoms with E-state index in [1.165, 1.54) is 12.1 Å². The highest BCUT2D eigenvalue weighted by molar-refractivity contribution is 9.10. The van der Waals surface area contributed by atoms with Crippen LogP contribution in [-0.2, 0) is 9.53 Å². The highest BCUT2D eigenvalue weighted by Crippen LogP contribution is 2.38. The number of ether oxygens (including phenoxy) is 1. The van der Waals surface area contributed by atoms with E-state index < -0.39 is 33.8 Å². The number of anilines is 1. The molecule has 2 aromatic rings. The summed E-state index contributed by atoms with van der Waals surface area (Å²) >= 11 is 9.08. The largest absolute Gasteiger partial charge is 0.457 e. The van der Waals surface area contributed by atoms with E-state index in [1.54, 1.807) is 20.8 Å². The maximum atomic E-state index is 13.6. The second-order valence-corrected chi connectivity index (χ2v) is 8.36. The summed E-state index contributed by atoms with van der Waals surface area (Å²) in [6, 6.07) is 4.15. The number of nitrogens with two attached hydrogens (primary N) is 1. The van der Waals surface area contributed by atoms with Crippen LogP contribution in [0.3, 0.4) is 0 Å². The Hall–Kier alpha value is -2.78. The molecule has 0 radical (unpaired) electrons. The number of hydrogen-bond acceptors (Lipinski definition) is 6. The molecule has 0 spiro atoms. The average molecular weight is 500 g/mol. The van der Waals surface area contributed by atoms with Crippen molar-refractivity contribution in [3.63, 3.8) is 0 Å². The number of rotatable bonds is 5. The monoisotopic (exact) mass is 498 g/mol. The number of ketones is 1. The first kappa shape index (κ1) is 23.5. The molecule has 30 heavy (non-hydrogen) atoms. The summed E-state index contributed by atoms with van der Waals surface area (Å²) in [7, 11) is 0. The number of benzene rings is 2. The van der Waals surface area contributed by atoms with Gasteiger partial charge in [-0.1, -0.05) is 11.6 Å². The third kappa shape index (κ3) is 5.43. The molecule has 10 heteroatoms. The smallest absolute Gasteiger partial charge is 0.331 e. The third-order valence-corrected chi connectivity index (χ3v) is 4.87. The molecule has 0 bridgehead atoms. The molecule has 0 fully saturated rings. The lowest BCUT2D eigenvalue weighted by Gasteiger charge is -2.18. The van der Waals surface area contributed by atoms with Gasteiger partial charge in [-0.15, -0.1) is 0 Å². The van der Waals surface area contributed by atoms with E-state index >= 15 is 0 Å². The molecular formula is C20H17BrClFN2O5. The van der Waals surface area contributed by atoms with Gasteiger partial charge in [0.25, 0.3) is 5.69 Å². The number of hydrogen-bond donors (Lipinski definition) is 1. The molecule has 0 aliphatic carbocycles. The highest BCUT2D eigenvalue weighted by atomic mass is 79.9. The minimum absolute atomic E-state index is 0.0312. The van der Waals surface area contributed by atoms with Gasteiger partial charge in [0.05, 0.1) is 20.1 Å². The van der Waals surface area contributed by atoms with Crippen LogP contribution in [0, 0.1) is 15.9 Å². The summed E-state index contributed by atoms with van der Waals surface area (Å²) < 4.78 is 18.6. The van der Waals surface area contributed by atoms with Crippen molar-refractivity contribution < 1.29 is 23.6 Å². The fourth-order valence-corrected chi connectivity index (χ4v) is 3.28. The molecule has 0 saturated heterocycles. The number of carbonyl (C=O) groups excluding carboxylic acids is 2. The second-order valence-electron chi connectivity index (χ2n) is 7.16. The van der Waals surface area contributed by atoms with E-state index in [-0.39, 0.29) is 31.9 Å². The van der Waals surface area contributed by atoms with Gasteiger partial charge in [-0.25, -0.2) is 9.18 Å². The zero-order chi connectivity index (χ0) is 22.8. The molecule has 158 valence electrons. The lowest BCUT2D eigenvalue weighted by molar-refractivity contribution is -0.385. The molecule has 0 saturated carbocycles. The Morgan fingerprint density at radius 3 is 2.50 bits per heavy atom. The summed E-state index contributed by atoms with van der Waals surface area (Å²) in [5, 5.41) is 11.5. The van der Waals surface area contributed by atoms with E-state index in [4.69, 9.17) is 22.1 Å². The molecule has 0 amide bonds. The van der Waals surface area contributed by atoms with Crippen molar-refractivity contribution in [2.24, 2.45) is 0 Å². The molecule has 0 unspecified atom stereocenters. The lowest BCUT2D eigenvalue weighted by Crippen LogP contribution is -2.22. The van der Waals surface area contributed by atoms with Crippen LogP contribution in [0.4, 0.5) is 15.8 Å². The number of nitrogen functional groups attached to an aromatic ring is 1. The third-order valence-electron chi connectivity index (χ3n) is 3.72. The van der Waals surface area contributed by atoms with Gasteiger partial charge in [-0.2, -0.15) is 0 Å². The number of nitro groups is 1. The average Bonchev–Trinajstić information content (AvgIpc) is 2.62. The van der Waals surface area contributed by atoms with Crippen molar-refractivity contribution in [3.05, 3.63) is 72.5 Å². The first-order valence-corrected chi connectivity index (χ1v) is 9.66. The summed E-state index contributed by atoms with van der Waals surface area (Å²) in [5.41, 5.74) is 4.14. The molecule has 0 atom stereocenters.